The van der Waals surface area contributed by atoms with Gasteiger partial charge in [-0.3, -0.25) is 4.55 Å². The van der Waals surface area contributed by atoms with Crippen LogP contribution in [-0.4, -0.2) is 21.8 Å². The summed E-state index contributed by atoms with van der Waals surface area (Å²) in [5.74, 6) is 0. The van der Waals surface area contributed by atoms with E-state index in [1.54, 1.807) is 6.07 Å². The Hall–Kier alpha value is -0.913. The number of benzene rings is 1. The third-order valence-corrected chi connectivity index (χ3v) is 4.97. The van der Waals surface area contributed by atoms with Crippen molar-refractivity contribution in [3.05, 3.63) is 29.8 Å². The predicted molar refractivity (Wildman–Crippen MR) is 68.2 cm³/mol. The normalized spacial score (nSPS) is 11.8. The van der Waals surface area contributed by atoms with Crippen LogP contribution in [-0.2, 0) is 10.1 Å². The lowest BCUT2D eigenvalue weighted by Crippen LogP contribution is -2.30. The molecule has 16 heavy (non-hydrogen) atoms. The smallest absolute Gasteiger partial charge is 0.282 e. The minimum atomic E-state index is -4.17. The van der Waals surface area contributed by atoms with Gasteiger partial charge in [0, 0.05) is 0 Å². The summed E-state index contributed by atoms with van der Waals surface area (Å²) < 4.78 is 31.6. The second kappa shape index (κ2) is 4.53. The maximum atomic E-state index is 11.2. The zero-order valence-corrected chi connectivity index (χ0v) is 11.4. The first-order chi connectivity index (χ1) is 7.29. The highest BCUT2D eigenvalue weighted by Gasteiger charge is 2.19. The molecule has 0 amide bonds. The van der Waals surface area contributed by atoms with E-state index in [2.05, 4.69) is 19.7 Å². The molecule has 0 bridgehead atoms. The van der Waals surface area contributed by atoms with E-state index in [1.807, 2.05) is 6.92 Å². The molecule has 1 aromatic rings. The Morgan fingerprint density at radius 2 is 1.94 bits per heavy atom. The minimum Gasteiger partial charge on any atom is -0.282 e. The van der Waals surface area contributed by atoms with Crippen LogP contribution >= 0.6 is 0 Å². The first-order valence-corrected chi connectivity index (χ1v) is 8.77. The third kappa shape index (κ3) is 2.42. The van der Waals surface area contributed by atoms with Gasteiger partial charge in [0.15, 0.2) is 0 Å². The zero-order valence-electron chi connectivity index (χ0n) is 9.61. The first kappa shape index (κ1) is 13.2. The van der Waals surface area contributed by atoms with Crippen LogP contribution in [0.15, 0.2) is 23.6 Å². The molecule has 1 rings (SSSR count). The maximum absolute atomic E-state index is 11.2. The third-order valence-electron chi connectivity index (χ3n) is 2.40. The maximum Gasteiger partial charge on any atom is 0.295 e. The molecule has 0 saturated carbocycles. The van der Waals surface area contributed by atoms with Gasteiger partial charge in [0.05, 0.1) is 8.80 Å². The van der Waals surface area contributed by atoms with Crippen LogP contribution in [0.4, 0.5) is 0 Å². The number of rotatable bonds is 3. The molecule has 0 spiro atoms. The molecule has 0 unspecified atom stereocenters. The average molecular weight is 255 g/mol. The lowest BCUT2D eigenvalue weighted by molar-refractivity contribution is 0.483. The topological polar surface area (TPSA) is 54.4 Å². The van der Waals surface area contributed by atoms with Gasteiger partial charge in [-0.15, -0.1) is 0 Å². The lowest BCUT2D eigenvalue weighted by Gasteiger charge is -2.15. The zero-order chi connectivity index (χ0) is 12.5. The van der Waals surface area contributed by atoms with Gasteiger partial charge in [-0.2, -0.15) is 8.42 Å². The van der Waals surface area contributed by atoms with Crippen molar-refractivity contribution in [1.82, 2.24) is 0 Å². The molecule has 0 aliphatic rings. The van der Waals surface area contributed by atoms with Crippen LogP contribution in [0.1, 0.15) is 11.1 Å². The van der Waals surface area contributed by atoms with Crippen molar-refractivity contribution in [2.75, 3.05) is 0 Å². The molecule has 1 radical (unpaired) electrons. The summed E-state index contributed by atoms with van der Waals surface area (Å²) in [6, 6.07) is 3.15. The molecule has 0 atom stereocenters. The van der Waals surface area contributed by atoms with E-state index in [4.69, 9.17) is 4.55 Å². The van der Waals surface area contributed by atoms with Gasteiger partial charge in [-0.1, -0.05) is 42.6 Å². The van der Waals surface area contributed by atoms with Gasteiger partial charge in [-0.25, -0.2) is 0 Å². The van der Waals surface area contributed by atoms with Gasteiger partial charge in [-0.05, 0) is 18.6 Å². The molecule has 0 aromatic heterocycles. The van der Waals surface area contributed by atoms with Crippen LogP contribution in [0, 0.1) is 6.92 Å². The van der Waals surface area contributed by atoms with E-state index in [-0.39, 0.29) is 4.90 Å². The van der Waals surface area contributed by atoms with Gasteiger partial charge >= 0.3 is 0 Å². The van der Waals surface area contributed by atoms with Gasteiger partial charge in [0.25, 0.3) is 10.1 Å². The molecule has 1 N–H and O–H groups in total. The van der Waals surface area contributed by atoms with E-state index in [9.17, 15) is 8.42 Å². The van der Waals surface area contributed by atoms with Crippen LogP contribution in [0.5, 0.6) is 0 Å². The largest absolute Gasteiger partial charge is 0.295 e. The summed E-state index contributed by atoms with van der Waals surface area (Å²) >= 11 is 0. The molecule has 5 heteroatoms. The fourth-order valence-corrected chi connectivity index (χ4v) is 4.24. The van der Waals surface area contributed by atoms with Crippen molar-refractivity contribution in [2.45, 2.75) is 24.9 Å². The Balaban J connectivity index is 3.69. The van der Waals surface area contributed by atoms with Gasteiger partial charge in [0.1, 0.15) is 4.90 Å². The van der Waals surface area contributed by atoms with E-state index in [1.165, 1.54) is 12.1 Å². The number of hydrogen-bond acceptors (Lipinski definition) is 2. The van der Waals surface area contributed by atoms with E-state index >= 15 is 0 Å². The molecule has 0 aliphatic heterocycles. The molecule has 0 fully saturated rings. The summed E-state index contributed by atoms with van der Waals surface area (Å²) in [6.45, 7) is 9.72. The second-order valence-electron chi connectivity index (χ2n) is 3.85. The monoisotopic (exact) mass is 255 g/mol. The number of aryl methyl sites for hydroxylation is 1. The Morgan fingerprint density at radius 1 is 1.38 bits per heavy atom. The van der Waals surface area contributed by atoms with Crippen LogP contribution in [0.3, 0.4) is 0 Å². The second-order valence-corrected chi connectivity index (χ2v) is 7.74. The summed E-state index contributed by atoms with van der Waals surface area (Å²) in [5, 5.41) is 1.01. The van der Waals surface area contributed by atoms with Crippen molar-refractivity contribution in [2.24, 2.45) is 0 Å². The Bertz CT molecular complexity index is 518. The Labute approximate surface area is 98.2 Å². The summed E-state index contributed by atoms with van der Waals surface area (Å²) in [7, 11) is -4.99. The van der Waals surface area contributed by atoms with E-state index in [0.717, 1.165) is 10.8 Å². The molecule has 3 nitrogen and oxygen atoms in total. The molecule has 0 aliphatic carbocycles. The summed E-state index contributed by atoms with van der Waals surface area (Å²) in [5.41, 5.74) is 1.59. The van der Waals surface area contributed by atoms with E-state index < -0.39 is 18.9 Å². The molecule has 87 valence electrons. The van der Waals surface area contributed by atoms with Crippen molar-refractivity contribution >= 4 is 30.2 Å². The van der Waals surface area contributed by atoms with Gasteiger partial charge < -0.3 is 0 Å². The lowest BCUT2D eigenvalue weighted by atomic mass is 10.1. The molecular formula is C11H15O3SSi. The molecule has 0 saturated heterocycles. The summed E-state index contributed by atoms with van der Waals surface area (Å²) in [4.78, 5) is -0.0469. The highest BCUT2D eigenvalue weighted by Crippen LogP contribution is 2.17. The fraction of sp³-hybridized carbons (Fsp3) is 0.273. The van der Waals surface area contributed by atoms with Crippen molar-refractivity contribution in [1.29, 1.82) is 0 Å². The highest BCUT2D eigenvalue weighted by atomic mass is 32.2. The van der Waals surface area contributed by atoms with Crippen LogP contribution in [0.25, 0.3) is 6.08 Å². The van der Waals surface area contributed by atoms with Crippen molar-refractivity contribution in [3.63, 3.8) is 0 Å². The van der Waals surface area contributed by atoms with Crippen molar-refractivity contribution in [3.8, 4) is 0 Å². The fourth-order valence-electron chi connectivity index (χ4n) is 1.80. The quantitative estimate of drug-likeness (QED) is 0.662. The minimum absolute atomic E-state index is 0.0469. The SMILES string of the molecule is C=Cc1c(S(=O)(=O)O)ccc(C)c1[Si](C)C. The highest BCUT2D eigenvalue weighted by molar-refractivity contribution is 7.86. The van der Waals surface area contributed by atoms with E-state index in [0.29, 0.717) is 5.56 Å². The van der Waals surface area contributed by atoms with Gasteiger partial charge in [0.2, 0.25) is 0 Å². The molecular weight excluding hydrogens is 240 g/mol. The van der Waals surface area contributed by atoms with Crippen molar-refractivity contribution < 1.29 is 13.0 Å². The Kier molecular flexibility index (Phi) is 3.72. The first-order valence-electron chi connectivity index (χ1n) is 4.83. The van der Waals surface area contributed by atoms with Crippen LogP contribution in [0.2, 0.25) is 13.1 Å². The summed E-state index contributed by atoms with van der Waals surface area (Å²) in [6.07, 6.45) is 1.50. The number of hydrogen-bond donors (Lipinski definition) is 1. The predicted octanol–water partition coefficient (Wildman–Crippen LogP) is 1.85. The molecule has 1 aromatic carbocycles. The Morgan fingerprint density at radius 3 is 2.31 bits per heavy atom. The van der Waals surface area contributed by atoms with Crippen LogP contribution < -0.4 is 5.19 Å². The standard InChI is InChI=1S/C11H15O3SSi/c1-5-9-10(15(12,13)14)7-6-8(2)11(9)16(3)4/h5-7H,1H2,2-4H3,(H,12,13,14). The average Bonchev–Trinajstić information content (AvgIpc) is 2.14. The molecule has 0 heterocycles.